The maximum absolute atomic E-state index is 12.0. The highest BCUT2D eigenvalue weighted by Crippen LogP contribution is 2.48. The number of aromatic hydroxyl groups is 1. The van der Waals surface area contributed by atoms with E-state index in [0.717, 1.165) is 19.3 Å². The van der Waals surface area contributed by atoms with Gasteiger partial charge in [0.05, 0.1) is 11.3 Å². The Morgan fingerprint density at radius 2 is 2.26 bits per heavy atom. The number of nitrogens with one attached hydrogen (secondary N) is 1. The topological polar surface area (TPSA) is 84.6 Å². The van der Waals surface area contributed by atoms with Crippen LogP contribution < -0.4 is 11.1 Å². The summed E-state index contributed by atoms with van der Waals surface area (Å²) >= 11 is 0. The summed E-state index contributed by atoms with van der Waals surface area (Å²) in [7, 11) is 1.68. The van der Waals surface area contributed by atoms with Crippen LogP contribution in [0.15, 0.2) is 18.2 Å². The summed E-state index contributed by atoms with van der Waals surface area (Å²) in [6, 6.07) is 4.78. The molecule has 0 aromatic heterocycles. The van der Waals surface area contributed by atoms with Crippen molar-refractivity contribution in [3.8, 4) is 5.75 Å². The highest BCUT2D eigenvalue weighted by atomic mass is 16.5. The van der Waals surface area contributed by atoms with Crippen LogP contribution in [0.2, 0.25) is 0 Å². The second-order valence-electron chi connectivity index (χ2n) is 5.17. The van der Waals surface area contributed by atoms with E-state index in [0.29, 0.717) is 13.2 Å². The Labute approximate surface area is 112 Å². The maximum atomic E-state index is 12.0. The Morgan fingerprint density at radius 3 is 2.89 bits per heavy atom. The van der Waals surface area contributed by atoms with E-state index in [2.05, 4.69) is 5.32 Å². The first-order valence-corrected chi connectivity index (χ1v) is 6.43. The number of benzene rings is 1. The molecule has 0 bridgehead atoms. The summed E-state index contributed by atoms with van der Waals surface area (Å²) < 4.78 is 5.07. The van der Waals surface area contributed by atoms with E-state index in [1.54, 1.807) is 25.3 Å². The first-order chi connectivity index (χ1) is 9.08. The molecule has 2 rings (SSSR count). The first kappa shape index (κ1) is 13.7. The van der Waals surface area contributed by atoms with Crippen LogP contribution in [-0.2, 0) is 4.74 Å². The molecule has 1 aliphatic carbocycles. The van der Waals surface area contributed by atoms with Crippen LogP contribution >= 0.6 is 0 Å². The predicted octanol–water partition coefficient (Wildman–Crippen LogP) is 1.52. The van der Waals surface area contributed by atoms with E-state index >= 15 is 0 Å². The molecular formula is C14H20N2O3. The molecule has 4 N–H and O–H groups in total. The zero-order valence-corrected chi connectivity index (χ0v) is 11.1. The van der Waals surface area contributed by atoms with Crippen LogP contribution in [0.1, 0.15) is 29.6 Å². The fourth-order valence-corrected chi connectivity index (χ4v) is 2.12. The van der Waals surface area contributed by atoms with Crippen molar-refractivity contribution >= 4 is 11.6 Å². The SMILES string of the molecule is COCCC1(CNC(=O)c2cccc(N)c2O)CC1. The van der Waals surface area contributed by atoms with Gasteiger partial charge in [0, 0.05) is 20.3 Å². The standard InChI is InChI=1S/C14H20N2O3/c1-19-8-7-14(5-6-14)9-16-13(18)10-3-2-4-11(15)12(10)17/h2-4,17H,5-9,15H2,1H3,(H,16,18). The molecule has 1 aromatic rings. The van der Waals surface area contributed by atoms with E-state index in [4.69, 9.17) is 10.5 Å². The third-order valence-electron chi connectivity index (χ3n) is 3.73. The van der Waals surface area contributed by atoms with Crippen molar-refractivity contribution in [3.05, 3.63) is 23.8 Å². The number of phenols is 1. The predicted molar refractivity (Wildman–Crippen MR) is 73.0 cm³/mol. The smallest absolute Gasteiger partial charge is 0.255 e. The first-order valence-electron chi connectivity index (χ1n) is 6.43. The van der Waals surface area contributed by atoms with Crippen molar-refractivity contribution in [2.45, 2.75) is 19.3 Å². The quantitative estimate of drug-likeness (QED) is 0.537. The maximum Gasteiger partial charge on any atom is 0.255 e. The molecule has 1 aliphatic rings. The number of phenolic OH excluding ortho intramolecular Hbond substituents is 1. The van der Waals surface area contributed by atoms with Gasteiger partial charge in [-0.3, -0.25) is 4.79 Å². The second kappa shape index (κ2) is 5.48. The number of amides is 1. The zero-order chi connectivity index (χ0) is 13.9. The number of nitrogen functional groups attached to an aromatic ring is 1. The molecule has 104 valence electrons. The molecule has 0 atom stereocenters. The number of ether oxygens (including phenoxy) is 1. The molecule has 0 aliphatic heterocycles. The number of rotatable bonds is 6. The van der Waals surface area contributed by atoms with E-state index in [1.165, 1.54) is 0 Å². The van der Waals surface area contributed by atoms with Gasteiger partial charge < -0.3 is 20.9 Å². The molecule has 1 amide bonds. The summed E-state index contributed by atoms with van der Waals surface area (Å²) in [4.78, 5) is 12.0. The summed E-state index contributed by atoms with van der Waals surface area (Å²) in [5, 5.41) is 12.6. The molecule has 19 heavy (non-hydrogen) atoms. The van der Waals surface area contributed by atoms with Crippen LogP contribution in [0.5, 0.6) is 5.75 Å². The summed E-state index contributed by atoms with van der Waals surface area (Å²) in [6.45, 7) is 1.32. The van der Waals surface area contributed by atoms with Crippen molar-refractivity contribution in [3.63, 3.8) is 0 Å². The van der Waals surface area contributed by atoms with Gasteiger partial charge in [0.1, 0.15) is 0 Å². The largest absolute Gasteiger partial charge is 0.505 e. The summed E-state index contributed by atoms with van der Waals surface area (Å²) in [5.41, 5.74) is 6.19. The molecule has 0 heterocycles. The minimum Gasteiger partial charge on any atom is -0.505 e. The minimum atomic E-state index is -0.284. The van der Waals surface area contributed by atoms with Crippen molar-refractivity contribution in [1.29, 1.82) is 0 Å². The number of para-hydroxylation sites is 1. The molecule has 1 aromatic carbocycles. The van der Waals surface area contributed by atoms with Crippen molar-refractivity contribution in [2.75, 3.05) is 26.0 Å². The van der Waals surface area contributed by atoms with Gasteiger partial charge in [-0.25, -0.2) is 0 Å². The van der Waals surface area contributed by atoms with E-state index in [9.17, 15) is 9.90 Å². The van der Waals surface area contributed by atoms with E-state index < -0.39 is 0 Å². The molecular weight excluding hydrogens is 244 g/mol. The fourth-order valence-electron chi connectivity index (χ4n) is 2.12. The van der Waals surface area contributed by atoms with Crippen LogP contribution in [0.3, 0.4) is 0 Å². The van der Waals surface area contributed by atoms with Gasteiger partial charge in [-0.15, -0.1) is 0 Å². The Morgan fingerprint density at radius 1 is 1.53 bits per heavy atom. The zero-order valence-electron chi connectivity index (χ0n) is 11.1. The number of hydrogen-bond donors (Lipinski definition) is 3. The molecule has 5 nitrogen and oxygen atoms in total. The lowest BCUT2D eigenvalue weighted by Gasteiger charge is -2.16. The van der Waals surface area contributed by atoms with E-state index in [1.807, 2.05) is 0 Å². The van der Waals surface area contributed by atoms with Crippen molar-refractivity contribution in [1.82, 2.24) is 5.32 Å². The Bertz CT molecular complexity index is 470. The summed E-state index contributed by atoms with van der Waals surface area (Å²) in [5.74, 6) is -0.435. The van der Waals surface area contributed by atoms with Gasteiger partial charge in [-0.1, -0.05) is 6.07 Å². The molecule has 0 radical (unpaired) electrons. The van der Waals surface area contributed by atoms with Gasteiger partial charge in [-0.05, 0) is 36.8 Å². The molecule has 1 fully saturated rings. The summed E-state index contributed by atoms with van der Waals surface area (Å²) in [6.07, 6.45) is 3.17. The van der Waals surface area contributed by atoms with Crippen LogP contribution in [0, 0.1) is 5.41 Å². The molecule has 0 spiro atoms. The van der Waals surface area contributed by atoms with Crippen LogP contribution in [-0.4, -0.2) is 31.3 Å². The molecule has 5 heteroatoms. The number of carbonyl (C=O) groups excluding carboxylic acids is 1. The lowest BCUT2D eigenvalue weighted by molar-refractivity contribution is 0.0935. The average molecular weight is 264 g/mol. The third-order valence-corrected chi connectivity index (χ3v) is 3.73. The number of hydrogen-bond acceptors (Lipinski definition) is 4. The number of anilines is 1. The minimum absolute atomic E-state index is 0.151. The lowest BCUT2D eigenvalue weighted by atomic mass is 10.0. The lowest BCUT2D eigenvalue weighted by Crippen LogP contribution is -2.30. The van der Waals surface area contributed by atoms with Gasteiger partial charge in [-0.2, -0.15) is 0 Å². The Kier molecular flexibility index (Phi) is 3.95. The van der Waals surface area contributed by atoms with Crippen molar-refractivity contribution in [2.24, 2.45) is 5.41 Å². The Balaban J connectivity index is 1.93. The van der Waals surface area contributed by atoms with E-state index in [-0.39, 0.29) is 28.3 Å². The monoisotopic (exact) mass is 264 g/mol. The molecule has 1 saturated carbocycles. The van der Waals surface area contributed by atoms with Crippen LogP contribution in [0.4, 0.5) is 5.69 Å². The highest BCUT2D eigenvalue weighted by molar-refractivity contribution is 5.98. The normalized spacial score (nSPS) is 16.1. The highest BCUT2D eigenvalue weighted by Gasteiger charge is 2.42. The number of methoxy groups -OCH3 is 1. The van der Waals surface area contributed by atoms with Gasteiger partial charge in [0.15, 0.2) is 5.75 Å². The second-order valence-corrected chi connectivity index (χ2v) is 5.17. The number of nitrogens with two attached hydrogens (primary N) is 1. The van der Waals surface area contributed by atoms with Gasteiger partial charge in [0.2, 0.25) is 0 Å². The Hall–Kier alpha value is -1.75. The molecule has 0 unspecified atom stereocenters. The third kappa shape index (κ3) is 3.17. The fraction of sp³-hybridized carbons (Fsp3) is 0.500. The average Bonchev–Trinajstić information content (AvgIpc) is 3.17. The van der Waals surface area contributed by atoms with Gasteiger partial charge >= 0.3 is 0 Å². The number of carbonyl (C=O) groups is 1. The van der Waals surface area contributed by atoms with Crippen molar-refractivity contribution < 1.29 is 14.6 Å². The van der Waals surface area contributed by atoms with Crippen LogP contribution in [0.25, 0.3) is 0 Å². The molecule has 0 saturated heterocycles. The van der Waals surface area contributed by atoms with Gasteiger partial charge in [0.25, 0.3) is 5.91 Å².